The van der Waals surface area contributed by atoms with E-state index in [1.807, 2.05) is 31.3 Å². The van der Waals surface area contributed by atoms with Crippen molar-refractivity contribution in [1.29, 1.82) is 0 Å². The van der Waals surface area contributed by atoms with Gasteiger partial charge in [0, 0.05) is 23.0 Å². The highest BCUT2D eigenvalue weighted by molar-refractivity contribution is 6.31. The van der Waals surface area contributed by atoms with Crippen LogP contribution in [0.25, 0.3) is 22.3 Å². The SMILES string of the molecule is CNc1nc(-c2c(C)cccc2C)nc2ccc(Cl)cc12. The lowest BCUT2D eigenvalue weighted by molar-refractivity contribution is 1.19. The number of hydrogen-bond donors (Lipinski definition) is 1. The first-order valence-electron chi connectivity index (χ1n) is 6.82. The lowest BCUT2D eigenvalue weighted by Crippen LogP contribution is -2.00. The maximum atomic E-state index is 6.07. The molecule has 0 atom stereocenters. The fourth-order valence-corrected chi connectivity index (χ4v) is 2.74. The quantitative estimate of drug-likeness (QED) is 0.750. The van der Waals surface area contributed by atoms with E-state index in [4.69, 9.17) is 16.6 Å². The van der Waals surface area contributed by atoms with Gasteiger partial charge in [0.25, 0.3) is 0 Å². The zero-order chi connectivity index (χ0) is 15.0. The van der Waals surface area contributed by atoms with Crippen molar-refractivity contribution >= 4 is 28.3 Å². The van der Waals surface area contributed by atoms with Gasteiger partial charge in [-0.05, 0) is 43.2 Å². The van der Waals surface area contributed by atoms with Crippen molar-refractivity contribution in [3.05, 3.63) is 52.5 Å². The molecule has 3 rings (SSSR count). The van der Waals surface area contributed by atoms with Gasteiger partial charge >= 0.3 is 0 Å². The number of nitrogens with one attached hydrogen (secondary N) is 1. The number of hydrogen-bond acceptors (Lipinski definition) is 3. The third-order valence-electron chi connectivity index (χ3n) is 3.60. The van der Waals surface area contributed by atoms with Crippen LogP contribution in [0.3, 0.4) is 0 Å². The smallest absolute Gasteiger partial charge is 0.162 e. The molecule has 106 valence electrons. The lowest BCUT2D eigenvalue weighted by Gasteiger charge is -2.12. The summed E-state index contributed by atoms with van der Waals surface area (Å²) in [5.41, 5.74) is 4.32. The Balaban J connectivity index is 2.32. The molecule has 4 heteroatoms. The Bertz CT molecular complexity index is 807. The maximum absolute atomic E-state index is 6.07. The van der Waals surface area contributed by atoms with E-state index in [9.17, 15) is 0 Å². The van der Waals surface area contributed by atoms with Gasteiger partial charge in [0.2, 0.25) is 0 Å². The summed E-state index contributed by atoms with van der Waals surface area (Å²) in [4.78, 5) is 9.38. The fraction of sp³-hybridized carbons (Fsp3) is 0.176. The molecule has 0 aliphatic heterocycles. The van der Waals surface area contributed by atoms with Gasteiger partial charge in [-0.3, -0.25) is 0 Å². The fourth-order valence-electron chi connectivity index (χ4n) is 2.57. The monoisotopic (exact) mass is 297 g/mol. The molecule has 0 radical (unpaired) electrons. The Morgan fingerprint density at radius 2 is 1.71 bits per heavy atom. The number of anilines is 1. The predicted molar refractivity (Wildman–Crippen MR) is 89.0 cm³/mol. The number of benzene rings is 2. The second kappa shape index (κ2) is 5.34. The molecule has 1 heterocycles. The molecule has 0 amide bonds. The molecule has 0 bridgehead atoms. The standard InChI is InChI=1S/C17H16ClN3/c1-10-5-4-6-11(2)15(10)17-20-14-8-7-12(18)9-13(14)16(19-3)21-17/h4-9H,1-3H3,(H,19,20,21). The molecule has 0 saturated heterocycles. The molecule has 0 fully saturated rings. The molecule has 21 heavy (non-hydrogen) atoms. The average molecular weight is 298 g/mol. The Hall–Kier alpha value is -2.13. The third kappa shape index (κ3) is 2.45. The van der Waals surface area contributed by atoms with Crippen molar-refractivity contribution in [2.24, 2.45) is 0 Å². The first kappa shape index (κ1) is 13.8. The van der Waals surface area contributed by atoms with Gasteiger partial charge in [-0.25, -0.2) is 9.97 Å². The van der Waals surface area contributed by atoms with Crippen LogP contribution >= 0.6 is 11.6 Å². The Kier molecular flexibility index (Phi) is 3.52. The molecule has 0 saturated carbocycles. The van der Waals surface area contributed by atoms with Crippen LogP contribution in [0.5, 0.6) is 0 Å². The van der Waals surface area contributed by atoms with E-state index in [-0.39, 0.29) is 0 Å². The molecule has 1 N–H and O–H groups in total. The van der Waals surface area contributed by atoms with E-state index in [0.29, 0.717) is 5.02 Å². The van der Waals surface area contributed by atoms with Crippen molar-refractivity contribution in [1.82, 2.24) is 9.97 Å². The average Bonchev–Trinajstić information content (AvgIpc) is 2.46. The van der Waals surface area contributed by atoms with E-state index in [1.54, 1.807) is 0 Å². The predicted octanol–water partition coefficient (Wildman–Crippen LogP) is 4.61. The number of rotatable bonds is 2. The number of nitrogens with zero attached hydrogens (tertiary/aromatic N) is 2. The molecule has 2 aromatic carbocycles. The van der Waals surface area contributed by atoms with Gasteiger partial charge in [0.15, 0.2) is 5.82 Å². The minimum absolute atomic E-state index is 0.683. The van der Waals surface area contributed by atoms with Crippen LogP contribution < -0.4 is 5.32 Å². The summed E-state index contributed by atoms with van der Waals surface area (Å²) in [7, 11) is 1.86. The molecule has 1 aromatic heterocycles. The highest BCUT2D eigenvalue weighted by Crippen LogP contribution is 2.30. The second-order valence-corrected chi connectivity index (χ2v) is 5.51. The molecule has 3 aromatic rings. The topological polar surface area (TPSA) is 37.8 Å². The van der Waals surface area contributed by atoms with Crippen molar-refractivity contribution in [3.63, 3.8) is 0 Å². The van der Waals surface area contributed by atoms with Gasteiger partial charge in [-0.2, -0.15) is 0 Å². The van der Waals surface area contributed by atoms with Gasteiger partial charge < -0.3 is 5.32 Å². The number of fused-ring (bicyclic) bond motifs is 1. The van der Waals surface area contributed by atoms with Crippen LogP contribution in [-0.2, 0) is 0 Å². The lowest BCUT2D eigenvalue weighted by atomic mass is 10.0. The Labute approximate surface area is 129 Å². The highest BCUT2D eigenvalue weighted by Gasteiger charge is 2.12. The van der Waals surface area contributed by atoms with E-state index in [2.05, 4.69) is 36.3 Å². The maximum Gasteiger partial charge on any atom is 0.162 e. The third-order valence-corrected chi connectivity index (χ3v) is 3.83. The van der Waals surface area contributed by atoms with E-state index in [0.717, 1.165) is 28.1 Å². The zero-order valence-corrected chi connectivity index (χ0v) is 13.0. The summed E-state index contributed by atoms with van der Waals surface area (Å²) >= 11 is 6.07. The summed E-state index contributed by atoms with van der Waals surface area (Å²) < 4.78 is 0. The van der Waals surface area contributed by atoms with Crippen LogP contribution in [0.1, 0.15) is 11.1 Å². The van der Waals surface area contributed by atoms with Gasteiger partial charge in [-0.1, -0.05) is 29.8 Å². The molecule has 0 aliphatic rings. The first-order chi connectivity index (χ1) is 10.1. The molecular weight excluding hydrogens is 282 g/mol. The summed E-state index contributed by atoms with van der Waals surface area (Å²) in [5.74, 6) is 1.53. The van der Waals surface area contributed by atoms with Crippen LogP contribution in [0.2, 0.25) is 5.02 Å². The first-order valence-corrected chi connectivity index (χ1v) is 7.19. The van der Waals surface area contributed by atoms with Crippen LogP contribution in [-0.4, -0.2) is 17.0 Å². The van der Waals surface area contributed by atoms with Crippen LogP contribution in [0.4, 0.5) is 5.82 Å². The normalized spacial score (nSPS) is 10.9. The Morgan fingerprint density at radius 3 is 2.38 bits per heavy atom. The largest absolute Gasteiger partial charge is 0.373 e. The molecular formula is C17H16ClN3. The second-order valence-electron chi connectivity index (χ2n) is 5.07. The molecule has 0 unspecified atom stereocenters. The highest BCUT2D eigenvalue weighted by atomic mass is 35.5. The van der Waals surface area contributed by atoms with E-state index in [1.165, 1.54) is 11.1 Å². The van der Waals surface area contributed by atoms with Crippen molar-refractivity contribution in [3.8, 4) is 11.4 Å². The van der Waals surface area contributed by atoms with Crippen LogP contribution in [0, 0.1) is 13.8 Å². The zero-order valence-electron chi connectivity index (χ0n) is 12.2. The summed E-state index contributed by atoms with van der Waals surface area (Å²) in [6.07, 6.45) is 0. The van der Waals surface area contributed by atoms with E-state index < -0.39 is 0 Å². The Morgan fingerprint density at radius 1 is 1.00 bits per heavy atom. The molecule has 3 nitrogen and oxygen atoms in total. The van der Waals surface area contributed by atoms with Crippen LogP contribution in [0.15, 0.2) is 36.4 Å². The van der Waals surface area contributed by atoms with Crippen molar-refractivity contribution < 1.29 is 0 Å². The number of aryl methyl sites for hydroxylation is 2. The number of aromatic nitrogens is 2. The minimum Gasteiger partial charge on any atom is -0.373 e. The van der Waals surface area contributed by atoms with E-state index >= 15 is 0 Å². The van der Waals surface area contributed by atoms with Gasteiger partial charge in [-0.15, -0.1) is 0 Å². The van der Waals surface area contributed by atoms with Crippen molar-refractivity contribution in [2.45, 2.75) is 13.8 Å². The minimum atomic E-state index is 0.683. The van der Waals surface area contributed by atoms with Crippen molar-refractivity contribution in [2.75, 3.05) is 12.4 Å². The summed E-state index contributed by atoms with van der Waals surface area (Å²) in [5, 5.41) is 4.75. The summed E-state index contributed by atoms with van der Waals surface area (Å²) in [6.45, 7) is 4.16. The number of halogens is 1. The van der Waals surface area contributed by atoms with Gasteiger partial charge in [0.1, 0.15) is 5.82 Å². The molecule has 0 aliphatic carbocycles. The molecule has 0 spiro atoms. The summed E-state index contributed by atoms with van der Waals surface area (Å²) in [6, 6.07) is 11.9. The van der Waals surface area contributed by atoms with Gasteiger partial charge in [0.05, 0.1) is 5.52 Å².